The van der Waals surface area contributed by atoms with Crippen molar-refractivity contribution in [1.29, 1.82) is 0 Å². The maximum absolute atomic E-state index is 13.1. The van der Waals surface area contributed by atoms with E-state index in [4.69, 9.17) is 5.73 Å². The van der Waals surface area contributed by atoms with Crippen molar-refractivity contribution in [2.45, 2.75) is 13.5 Å². The van der Waals surface area contributed by atoms with Crippen LogP contribution in [0.15, 0.2) is 23.6 Å². The van der Waals surface area contributed by atoms with Gasteiger partial charge in [-0.3, -0.25) is 4.79 Å². The number of hydrogen-bond donors (Lipinski definition) is 2. The highest BCUT2D eigenvalue weighted by molar-refractivity contribution is 7.10. The van der Waals surface area contributed by atoms with Crippen molar-refractivity contribution in [1.82, 2.24) is 5.32 Å². The summed E-state index contributed by atoms with van der Waals surface area (Å²) in [4.78, 5) is 12.9. The first kappa shape index (κ1) is 13.5. The van der Waals surface area contributed by atoms with Gasteiger partial charge in [0.25, 0.3) is 5.91 Å². The molecule has 1 aromatic heterocycles. The summed E-state index contributed by atoms with van der Waals surface area (Å²) < 4.78 is 26.0. The van der Waals surface area contributed by atoms with Gasteiger partial charge in [-0.2, -0.15) is 0 Å². The first-order valence-corrected chi connectivity index (χ1v) is 6.42. The maximum atomic E-state index is 13.1. The van der Waals surface area contributed by atoms with E-state index in [2.05, 4.69) is 5.32 Å². The van der Waals surface area contributed by atoms with Crippen molar-refractivity contribution < 1.29 is 13.6 Å². The minimum absolute atomic E-state index is 0.0619. The second-order valence-electron chi connectivity index (χ2n) is 4.06. The van der Waals surface area contributed by atoms with Crippen LogP contribution >= 0.6 is 11.3 Å². The zero-order valence-corrected chi connectivity index (χ0v) is 11.0. The Morgan fingerprint density at radius 1 is 1.37 bits per heavy atom. The fraction of sp³-hybridized carbons (Fsp3) is 0.154. The highest BCUT2D eigenvalue weighted by atomic mass is 32.1. The first-order chi connectivity index (χ1) is 8.99. The Labute approximate surface area is 113 Å². The lowest BCUT2D eigenvalue weighted by molar-refractivity contribution is 0.0951. The number of nitrogens with two attached hydrogens (primary N) is 1. The monoisotopic (exact) mass is 282 g/mol. The van der Waals surface area contributed by atoms with Crippen LogP contribution in [0.4, 0.5) is 14.5 Å². The predicted octanol–water partition coefficient (Wildman–Crippen LogP) is 2.85. The smallest absolute Gasteiger partial charge is 0.253 e. The molecule has 0 radical (unpaired) electrons. The third kappa shape index (κ3) is 2.90. The molecule has 19 heavy (non-hydrogen) atoms. The molecule has 0 aliphatic rings. The molecular weight excluding hydrogens is 270 g/mol. The molecule has 1 aromatic carbocycles. The molecule has 0 bridgehead atoms. The van der Waals surface area contributed by atoms with Crippen molar-refractivity contribution >= 4 is 22.9 Å². The van der Waals surface area contributed by atoms with Crippen LogP contribution < -0.4 is 11.1 Å². The van der Waals surface area contributed by atoms with Gasteiger partial charge in [-0.15, -0.1) is 11.3 Å². The van der Waals surface area contributed by atoms with Gasteiger partial charge in [0.1, 0.15) is 0 Å². The summed E-state index contributed by atoms with van der Waals surface area (Å²) in [7, 11) is 0. The Morgan fingerprint density at radius 2 is 2.05 bits per heavy atom. The van der Waals surface area contributed by atoms with E-state index < -0.39 is 17.5 Å². The number of anilines is 1. The van der Waals surface area contributed by atoms with E-state index in [1.807, 2.05) is 18.4 Å². The molecule has 100 valence electrons. The SMILES string of the molecule is Cc1ccsc1CNC(=O)c1cc(F)c(F)cc1N. The number of hydrogen-bond acceptors (Lipinski definition) is 3. The van der Waals surface area contributed by atoms with E-state index in [0.29, 0.717) is 6.54 Å². The zero-order valence-electron chi connectivity index (χ0n) is 10.2. The molecule has 0 aliphatic heterocycles. The van der Waals surface area contributed by atoms with Gasteiger partial charge in [0.05, 0.1) is 12.1 Å². The number of aryl methyl sites for hydroxylation is 1. The van der Waals surface area contributed by atoms with Crippen LogP contribution in [0.2, 0.25) is 0 Å². The van der Waals surface area contributed by atoms with E-state index in [1.54, 1.807) is 0 Å². The number of nitrogens with one attached hydrogen (secondary N) is 1. The van der Waals surface area contributed by atoms with Crippen LogP contribution in [0, 0.1) is 18.6 Å². The van der Waals surface area contributed by atoms with Crippen LogP contribution in [-0.4, -0.2) is 5.91 Å². The number of amides is 1. The second-order valence-corrected chi connectivity index (χ2v) is 5.06. The third-order valence-corrected chi connectivity index (χ3v) is 3.74. The minimum Gasteiger partial charge on any atom is -0.398 e. The molecule has 0 saturated carbocycles. The predicted molar refractivity (Wildman–Crippen MR) is 71.0 cm³/mol. The molecule has 0 saturated heterocycles. The Balaban J connectivity index is 2.12. The van der Waals surface area contributed by atoms with Crippen LogP contribution in [0.5, 0.6) is 0 Å². The first-order valence-electron chi connectivity index (χ1n) is 5.54. The van der Waals surface area contributed by atoms with E-state index in [-0.39, 0.29) is 11.3 Å². The van der Waals surface area contributed by atoms with Crippen molar-refractivity contribution in [3.63, 3.8) is 0 Å². The molecule has 0 spiro atoms. The summed E-state index contributed by atoms with van der Waals surface area (Å²) in [6.07, 6.45) is 0. The molecule has 2 aromatic rings. The van der Waals surface area contributed by atoms with Crippen molar-refractivity contribution in [3.8, 4) is 0 Å². The quantitative estimate of drug-likeness (QED) is 0.850. The number of carbonyl (C=O) groups is 1. The molecule has 6 heteroatoms. The van der Waals surface area contributed by atoms with Gasteiger partial charge in [0.2, 0.25) is 0 Å². The average molecular weight is 282 g/mol. The van der Waals surface area contributed by atoms with Gasteiger partial charge in [0.15, 0.2) is 11.6 Å². The second kappa shape index (κ2) is 5.36. The van der Waals surface area contributed by atoms with Gasteiger partial charge >= 0.3 is 0 Å². The highest BCUT2D eigenvalue weighted by Gasteiger charge is 2.14. The third-order valence-electron chi connectivity index (χ3n) is 2.71. The lowest BCUT2D eigenvalue weighted by atomic mass is 10.1. The summed E-state index contributed by atoms with van der Waals surface area (Å²) in [6, 6.07) is 3.56. The molecule has 3 N–H and O–H groups in total. The molecule has 2 rings (SSSR count). The Morgan fingerprint density at radius 3 is 2.68 bits per heavy atom. The van der Waals surface area contributed by atoms with Crippen LogP contribution in [-0.2, 0) is 6.54 Å². The van der Waals surface area contributed by atoms with Gasteiger partial charge in [-0.05, 0) is 30.0 Å². The summed E-state index contributed by atoms with van der Waals surface area (Å²) in [6.45, 7) is 2.27. The van der Waals surface area contributed by atoms with Crippen LogP contribution in [0.1, 0.15) is 20.8 Å². The van der Waals surface area contributed by atoms with Gasteiger partial charge in [-0.1, -0.05) is 0 Å². The summed E-state index contributed by atoms with van der Waals surface area (Å²) in [5, 5.41) is 4.55. The summed E-state index contributed by atoms with van der Waals surface area (Å²) in [5.41, 5.74) is 6.43. The molecule has 0 unspecified atom stereocenters. The fourth-order valence-electron chi connectivity index (χ4n) is 1.60. The van der Waals surface area contributed by atoms with E-state index in [9.17, 15) is 13.6 Å². The largest absolute Gasteiger partial charge is 0.398 e. The molecule has 0 fully saturated rings. The summed E-state index contributed by atoms with van der Waals surface area (Å²) in [5.74, 6) is -2.68. The average Bonchev–Trinajstić information content (AvgIpc) is 2.76. The van der Waals surface area contributed by atoms with E-state index in [1.165, 1.54) is 11.3 Å². The van der Waals surface area contributed by atoms with Crippen molar-refractivity contribution in [3.05, 3.63) is 51.2 Å². The van der Waals surface area contributed by atoms with Crippen LogP contribution in [0.3, 0.4) is 0 Å². The standard InChI is InChI=1S/C13H12F2N2OS/c1-7-2-3-19-12(7)6-17-13(18)8-4-9(14)10(15)5-11(8)16/h2-5H,6,16H2,1H3,(H,17,18). The Bertz CT molecular complexity index is 625. The van der Waals surface area contributed by atoms with E-state index >= 15 is 0 Å². The minimum atomic E-state index is -1.09. The molecule has 1 amide bonds. The molecular formula is C13H12F2N2OS. The zero-order chi connectivity index (χ0) is 14.0. The lowest BCUT2D eigenvalue weighted by Crippen LogP contribution is -2.24. The van der Waals surface area contributed by atoms with Gasteiger partial charge in [-0.25, -0.2) is 8.78 Å². The van der Waals surface area contributed by atoms with Gasteiger partial charge in [0, 0.05) is 16.6 Å². The topological polar surface area (TPSA) is 55.1 Å². The maximum Gasteiger partial charge on any atom is 0.253 e. The number of rotatable bonds is 3. The van der Waals surface area contributed by atoms with E-state index in [0.717, 1.165) is 22.6 Å². The number of benzene rings is 1. The Hall–Kier alpha value is -1.95. The molecule has 3 nitrogen and oxygen atoms in total. The number of thiophene rings is 1. The molecule has 0 atom stereocenters. The molecule has 1 heterocycles. The molecule has 0 aliphatic carbocycles. The highest BCUT2D eigenvalue weighted by Crippen LogP contribution is 2.18. The number of carbonyl (C=O) groups excluding carboxylic acids is 1. The van der Waals surface area contributed by atoms with Crippen LogP contribution in [0.25, 0.3) is 0 Å². The number of halogens is 2. The van der Waals surface area contributed by atoms with Crippen molar-refractivity contribution in [2.75, 3.05) is 5.73 Å². The lowest BCUT2D eigenvalue weighted by Gasteiger charge is -2.08. The Kier molecular flexibility index (Phi) is 3.80. The van der Waals surface area contributed by atoms with Crippen molar-refractivity contribution in [2.24, 2.45) is 0 Å². The summed E-state index contributed by atoms with van der Waals surface area (Å²) >= 11 is 1.52. The fourth-order valence-corrected chi connectivity index (χ4v) is 2.45. The normalized spacial score (nSPS) is 10.5. The van der Waals surface area contributed by atoms with Gasteiger partial charge < -0.3 is 11.1 Å². The number of nitrogen functional groups attached to an aromatic ring is 1.